The number of nitrogen functional groups attached to an aromatic ring is 1. The van der Waals surface area contributed by atoms with Gasteiger partial charge in [0.2, 0.25) is 6.39 Å². The lowest BCUT2D eigenvalue weighted by Gasteiger charge is -2.08. The molecule has 100 valence electrons. The van der Waals surface area contributed by atoms with Gasteiger partial charge in [-0.1, -0.05) is 5.16 Å². The second-order valence-corrected chi connectivity index (χ2v) is 3.65. The smallest absolute Gasteiger partial charge is 0.356 e. The third-order valence-electron chi connectivity index (χ3n) is 2.37. The van der Waals surface area contributed by atoms with E-state index >= 15 is 0 Å². The molecule has 3 N–H and O–H groups in total. The molecule has 0 saturated heterocycles. The summed E-state index contributed by atoms with van der Waals surface area (Å²) in [6.45, 7) is 0.515. The zero-order valence-corrected chi connectivity index (χ0v) is 10.3. The van der Waals surface area contributed by atoms with E-state index in [2.05, 4.69) is 29.7 Å². The first-order chi connectivity index (χ1) is 9.20. The monoisotopic (exact) mass is 263 g/mol. The van der Waals surface area contributed by atoms with Crippen molar-refractivity contribution in [2.45, 2.75) is 6.42 Å². The summed E-state index contributed by atoms with van der Waals surface area (Å²) in [5.74, 6) is 0.489. The maximum atomic E-state index is 11.4. The van der Waals surface area contributed by atoms with Crippen LogP contribution >= 0.6 is 0 Å². The van der Waals surface area contributed by atoms with E-state index in [9.17, 15) is 4.79 Å². The number of carbonyl (C=O) groups is 1. The lowest BCUT2D eigenvalue weighted by Crippen LogP contribution is -2.12. The zero-order valence-electron chi connectivity index (χ0n) is 10.3. The highest BCUT2D eigenvalue weighted by Crippen LogP contribution is 2.16. The molecule has 19 heavy (non-hydrogen) atoms. The molecule has 0 radical (unpaired) electrons. The Bertz CT molecular complexity index is 555. The number of pyridine rings is 1. The Morgan fingerprint density at radius 3 is 3.05 bits per heavy atom. The van der Waals surface area contributed by atoms with Crippen LogP contribution in [0.1, 0.15) is 16.3 Å². The predicted molar refractivity (Wildman–Crippen MR) is 66.5 cm³/mol. The summed E-state index contributed by atoms with van der Waals surface area (Å²) in [5, 5.41) is 6.68. The Hall–Kier alpha value is -2.64. The normalized spacial score (nSPS) is 10.2. The largest absolute Gasteiger partial charge is 0.464 e. The Balaban J connectivity index is 2.00. The molecule has 0 aliphatic heterocycles. The van der Waals surface area contributed by atoms with Gasteiger partial charge in [0.25, 0.3) is 0 Å². The van der Waals surface area contributed by atoms with Crippen molar-refractivity contribution in [3.63, 3.8) is 0 Å². The van der Waals surface area contributed by atoms with Crippen LogP contribution in [0.5, 0.6) is 0 Å². The van der Waals surface area contributed by atoms with Crippen molar-refractivity contribution in [1.29, 1.82) is 0 Å². The number of hydrogen-bond acceptors (Lipinski definition) is 8. The minimum absolute atomic E-state index is 0.193. The van der Waals surface area contributed by atoms with Gasteiger partial charge in [-0.25, -0.2) is 9.78 Å². The van der Waals surface area contributed by atoms with E-state index in [-0.39, 0.29) is 5.69 Å². The van der Waals surface area contributed by atoms with Gasteiger partial charge < -0.3 is 20.3 Å². The summed E-state index contributed by atoms with van der Waals surface area (Å²) in [6, 6.07) is 3.10. The number of nitrogens with zero attached hydrogens (tertiary/aromatic N) is 3. The van der Waals surface area contributed by atoms with Crippen LogP contribution in [-0.2, 0) is 11.2 Å². The fourth-order valence-corrected chi connectivity index (χ4v) is 1.43. The van der Waals surface area contributed by atoms with Crippen molar-refractivity contribution in [1.82, 2.24) is 15.1 Å². The van der Waals surface area contributed by atoms with Gasteiger partial charge in [0.05, 0.1) is 12.8 Å². The summed E-state index contributed by atoms with van der Waals surface area (Å²) in [7, 11) is 1.30. The second kappa shape index (κ2) is 5.80. The number of hydrogen-bond donors (Lipinski definition) is 2. The summed E-state index contributed by atoms with van der Waals surface area (Å²) < 4.78 is 9.21. The van der Waals surface area contributed by atoms with E-state index in [1.165, 1.54) is 19.6 Å². The van der Waals surface area contributed by atoms with Crippen LogP contribution < -0.4 is 11.1 Å². The Morgan fingerprint density at radius 2 is 2.37 bits per heavy atom. The van der Waals surface area contributed by atoms with Gasteiger partial charge in [0.1, 0.15) is 5.82 Å². The average Bonchev–Trinajstić information content (AvgIpc) is 2.93. The van der Waals surface area contributed by atoms with Crippen molar-refractivity contribution in [2.24, 2.45) is 0 Å². The number of nitrogens with two attached hydrogens (primary N) is 1. The van der Waals surface area contributed by atoms with E-state index in [1.807, 2.05) is 0 Å². The Morgan fingerprint density at radius 1 is 1.53 bits per heavy atom. The summed E-state index contributed by atoms with van der Waals surface area (Å²) >= 11 is 0. The lowest BCUT2D eigenvalue weighted by molar-refractivity contribution is 0.0594. The van der Waals surface area contributed by atoms with Crippen molar-refractivity contribution >= 4 is 17.5 Å². The summed E-state index contributed by atoms with van der Waals surface area (Å²) in [4.78, 5) is 19.3. The first-order valence-electron chi connectivity index (χ1n) is 5.54. The minimum atomic E-state index is -0.513. The first-order valence-corrected chi connectivity index (χ1v) is 5.54. The highest BCUT2D eigenvalue weighted by atomic mass is 16.5. The van der Waals surface area contributed by atoms with Crippen LogP contribution in [-0.4, -0.2) is 34.7 Å². The third kappa shape index (κ3) is 3.18. The van der Waals surface area contributed by atoms with Gasteiger partial charge in [-0.15, -0.1) is 0 Å². The van der Waals surface area contributed by atoms with E-state index in [4.69, 9.17) is 5.73 Å². The Labute approximate surface area is 109 Å². The molecule has 0 saturated carbocycles. The van der Waals surface area contributed by atoms with Crippen molar-refractivity contribution < 1.29 is 14.1 Å². The zero-order chi connectivity index (χ0) is 13.7. The molecule has 0 aliphatic rings. The topological polar surface area (TPSA) is 116 Å². The average molecular weight is 263 g/mol. The van der Waals surface area contributed by atoms with E-state index in [0.717, 1.165) is 0 Å². The van der Waals surface area contributed by atoms with Gasteiger partial charge in [-0.05, 0) is 12.1 Å². The lowest BCUT2D eigenvalue weighted by atomic mass is 10.3. The van der Waals surface area contributed by atoms with Crippen LogP contribution in [0.4, 0.5) is 11.5 Å². The number of methoxy groups -OCH3 is 1. The van der Waals surface area contributed by atoms with Gasteiger partial charge in [-0.3, -0.25) is 0 Å². The minimum Gasteiger partial charge on any atom is -0.464 e. The van der Waals surface area contributed by atoms with Crippen molar-refractivity contribution in [2.75, 3.05) is 24.7 Å². The first kappa shape index (κ1) is 12.8. The standard InChI is InChI=1S/C11H13N5O3/c1-18-11(17)8-3-2-7(12)10(15-8)13-5-4-9-14-6-19-16-9/h2-3,6H,4-5,12H2,1H3,(H,13,15). The number of anilines is 2. The van der Waals surface area contributed by atoms with E-state index in [1.54, 1.807) is 6.07 Å². The van der Waals surface area contributed by atoms with E-state index < -0.39 is 5.97 Å². The molecule has 2 heterocycles. The molecule has 0 bridgehead atoms. The van der Waals surface area contributed by atoms with Crippen LogP contribution in [0, 0.1) is 0 Å². The van der Waals surface area contributed by atoms with Crippen LogP contribution in [0.2, 0.25) is 0 Å². The van der Waals surface area contributed by atoms with Gasteiger partial charge >= 0.3 is 5.97 Å². The number of nitrogens with one attached hydrogen (secondary N) is 1. The molecule has 8 nitrogen and oxygen atoms in total. The molecular formula is C11H13N5O3. The Kier molecular flexibility index (Phi) is 3.91. The van der Waals surface area contributed by atoms with Gasteiger partial charge in [0.15, 0.2) is 11.5 Å². The number of esters is 1. The molecule has 0 fully saturated rings. The number of ether oxygens (including phenoxy) is 1. The molecule has 0 amide bonds. The van der Waals surface area contributed by atoms with Crippen LogP contribution in [0.3, 0.4) is 0 Å². The molecule has 0 unspecified atom stereocenters. The highest BCUT2D eigenvalue weighted by Gasteiger charge is 2.10. The van der Waals surface area contributed by atoms with Crippen molar-refractivity contribution in [3.05, 3.63) is 30.0 Å². The maximum absolute atomic E-state index is 11.4. The highest BCUT2D eigenvalue weighted by molar-refractivity contribution is 5.88. The maximum Gasteiger partial charge on any atom is 0.356 e. The molecule has 0 spiro atoms. The van der Waals surface area contributed by atoms with Gasteiger partial charge in [-0.2, -0.15) is 4.98 Å². The molecule has 0 aromatic carbocycles. The number of rotatable bonds is 5. The van der Waals surface area contributed by atoms with E-state index in [0.29, 0.717) is 30.3 Å². The molecule has 0 aliphatic carbocycles. The molecule has 2 aromatic heterocycles. The number of carbonyl (C=O) groups excluding carboxylic acids is 1. The fourth-order valence-electron chi connectivity index (χ4n) is 1.43. The molecular weight excluding hydrogens is 250 g/mol. The number of aromatic nitrogens is 3. The van der Waals surface area contributed by atoms with Crippen molar-refractivity contribution in [3.8, 4) is 0 Å². The predicted octanol–water partition coefficient (Wildman–Crippen LogP) is 0.488. The fraction of sp³-hybridized carbons (Fsp3) is 0.273. The second-order valence-electron chi connectivity index (χ2n) is 3.65. The quantitative estimate of drug-likeness (QED) is 0.748. The SMILES string of the molecule is COC(=O)c1ccc(N)c(NCCc2ncon2)n1. The van der Waals surface area contributed by atoms with Gasteiger partial charge in [0, 0.05) is 13.0 Å². The van der Waals surface area contributed by atoms with Crippen LogP contribution in [0.25, 0.3) is 0 Å². The molecule has 8 heteroatoms. The van der Waals surface area contributed by atoms with Crippen LogP contribution in [0.15, 0.2) is 23.0 Å². The third-order valence-corrected chi connectivity index (χ3v) is 2.37. The summed E-state index contributed by atoms with van der Waals surface area (Å²) in [6.07, 6.45) is 1.82. The molecule has 0 atom stereocenters. The summed E-state index contributed by atoms with van der Waals surface area (Å²) in [5.41, 5.74) is 6.40. The molecule has 2 aromatic rings. The molecule has 2 rings (SSSR count).